The number of nitrogens with zero attached hydrogens (tertiary/aromatic N) is 1. The van der Waals surface area contributed by atoms with E-state index in [1.807, 2.05) is 45.0 Å². The van der Waals surface area contributed by atoms with Gasteiger partial charge in [-0.15, -0.1) is 0 Å². The van der Waals surface area contributed by atoms with E-state index in [0.717, 1.165) is 5.69 Å². The molecule has 1 rings (SSSR count). The molecule has 0 spiro atoms. The van der Waals surface area contributed by atoms with Crippen molar-refractivity contribution in [3.8, 4) is 0 Å². The molecule has 0 heterocycles. The summed E-state index contributed by atoms with van der Waals surface area (Å²) in [6.45, 7) is 5.31. The fourth-order valence-electron chi connectivity index (χ4n) is 2.33. The minimum Gasteiger partial charge on any atom is -0.378 e. The summed E-state index contributed by atoms with van der Waals surface area (Å²) in [5, 5.41) is 13.8. The number of hydroxylamine groups is 1. The average molecular weight is 364 g/mol. The standard InChI is InChI=1S/C18H28N4O4/c1-11(2)10-15(18(25)19-12(3)16(23)21-26)20-17(24)13-6-8-14(9-7-13)22(4)5/h6-9,11-12,15,26H,10H2,1-5H3,(H,19,25)(H,20,24)(H,21,23)/t12-,15-/m0/s1. The van der Waals surface area contributed by atoms with Crippen molar-refractivity contribution in [2.24, 2.45) is 5.92 Å². The van der Waals surface area contributed by atoms with Gasteiger partial charge >= 0.3 is 0 Å². The summed E-state index contributed by atoms with van der Waals surface area (Å²) in [6.07, 6.45) is 0.417. The summed E-state index contributed by atoms with van der Waals surface area (Å²) in [7, 11) is 3.81. The number of rotatable bonds is 8. The van der Waals surface area contributed by atoms with Crippen molar-refractivity contribution in [1.29, 1.82) is 0 Å². The molecule has 0 aliphatic carbocycles. The third kappa shape index (κ3) is 6.36. The Morgan fingerprint density at radius 2 is 1.58 bits per heavy atom. The van der Waals surface area contributed by atoms with Gasteiger partial charge in [-0.1, -0.05) is 13.8 Å². The number of carbonyl (C=O) groups excluding carboxylic acids is 3. The van der Waals surface area contributed by atoms with E-state index in [9.17, 15) is 14.4 Å². The zero-order chi connectivity index (χ0) is 19.9. The fraction of sp³-hybridized carbons (Fsp3) is 0.500. The third-order valence-corrected chi connectivity index (χ3v) is 3.84. The van der Waals surface area contributed by atoms with Gasteiger partial charge in [0.25, 0.3) is 11.8 Å². The van der Waals surface area contributed by atoms with E-state index in [2.05, 4.69) is 10.6 Å². The SMILES string of the molecule is CC(C)C[C@H](NC(=O)c1ccc(N(C)C)cc1)C(=O)N[C@@H](C)C(=O)NO. The Balaban J connectivity index is 2.84. The molecule has 0 fully saturated rings. The van der Waals surface area contributed by atoms with E-state index in [-0.39, 0.29) is 11.8 Å². The van der Waals surface area contributed by atoms with Crippen LogP contribution in [0, 0.1) is 5.92 Å². The van der Waals surface area contributed by atoms with E-state index in [1.165, 1.54) is 12.4 Å². The molecule has 0 unspecified atom stereocenters. The molecule has 1 aromatic rings. The van der Waals surface area contributed by atoms with Crippen LogP contribution < -0.4 is 21.0 Å². The molecular weight excluding hydrogens is 336 g/mol. The van der Waals surface area contributed by atoms with Gasteiger partial charge in [0.1, 0.15) is 12.1 Å². The lowest BCUT2D eigenvalue weighted by molar-refractivity contribution is -0.134. The molecule has 144 valence electrons. The second-order valence-corrected chi connectivity index (χ2v) is 6.80. The highest BCUT2D eigenvalue weighted by atomic mass is 16.5. The molecule has 4 N–H and O–H groups in total. The van der Waals surface area contributed by atoms with Gasteiger partial charge in [-0.05, 0) is 43.5 Å². The Hall–Kier alpha value is -2.61. The number of hydrogen-bond acceptors (Lipinski definition) is 5. The molecule has 26 heavy (non-hydrogen) atoms. The molecule has 2 atom stereocenters. The monoisotopic (exact) mass is 364 g/mol. The van der Waals surface area contributed by atoms with Gasteiger partial charge in [-0.25, -0.2) is 5.48 Å². The van der Waals surface area contributed by atoms with Gasteiger partial charge in [0.2, 0.25) is 5.91 Å². The number of anilines is 1. The normalized spacial score (nSPS) is 12.9. The third-order valence-electron chi connectivity index (χ3n) is 3.84. The molecule has 0 radical (unpaired) electrons. The minimum absolute atomic E-state index is 0.157. The maximum absolute atomic E-state index is 12.5. The van der Waals surface area contributed by atoms with E-state index in [0.29, 0.717) is 12.0 Å². The zero-order valence-corrected chi connectivity index (χ0v) is 15.9. The van der Waals surface area contributed by atoms with E-state index >= 15 is 0 Å². The molecule has 0 bridgehead atoms. The lowest BCUT2D eigenvalue weighted by Gasteiger charge is -2.22. The molecule has 8 nitrogen and oxygen atoms in total. The second kappa shape index (κ2) is 9.76. The second-order valence-electron chi connectivity index (χ2n) is 6.80. The van der Waals surface area contributed by atoms with Gasteiger partial charge in [0.15, 0.2) is 0 Å². The van der Waals surface area contributed by atoms with Gasteiger partial charge in [0, 0.05) is 25.3 Å². The van der Waals surface area contributed by atoms with Gasteiger partial charge in [-0.2, -0.15) is 0 Å². The number of carbonyl (C=O) groups is 3. The summed E-state index contributed by atoms with van der Waals surface area (Å²) in [5.74, 6) is -1.42. The first-order valence-electron chi connectivity index (χ1n) is 8.48. The van der Waals surface area contributed by atoms with Crippen LogP contribution in [0.3, 0.4) is 0 Å². The summed E-state index contributed by atoms with van der Waals surface area (Å²) in [4.78, 5) is 38.2. The van der Waals surface area contributed by atoms with Crippen LogP contribution >= 0.6 is 0 Å². The van der Waals surface area contributed by atoms with Crippen LogP contribution in [0.2, 0.25) is 0 Å². The van der Waals surface area contributed by atoms with Crippen molar-refractivity contribution in [2.45, 2.75) is 39.3 Å². The molecular formula is C18H28N4O4. The largest absolute Gasteiger partial charge is 0.378 e. The van der Waals surface area contributed by atoms with Gasteiger partial charge in [-0.3, -0.25) is 19.6 Å². The van der Waals surface area contributed by atoms with E-state index < -0.39 is 23.9 Å². The predicted octanol–water partition coefficient (Wildman–Crippen LogP) is 0.907. The highest BCUT2D eigenvalue weighted by molar-refractivity contribution is 5.98. The summed E-state index contributed by atoms with van der Waals surface area (Å²) >= 11 is 0. The summed E-state index contributed by atoms with van der Waals surface area (Å²) in [5.41, 5.74) is 2.89. The topological polar surface area (TPSA) is 111 Å². The Bertz CT molecular complexity index is 629. The Morgan fingerprint density at radius 3 is 2.04 bits per heavy atom. The van der Waals surface area contributed by atoms with Crippen LogP contribution in [0.4, 0.5) is 5.69 Å². The highest BCUT2D eigenvalue weighted by Gasteiger charge is 2.25. The number of hydrogen-bond donors (Lipinski definition) is 4. The Kier molecular flexibility index (Phi) is 8.05. The minimum atomic E-state index is -0.918. The summed E-state index contributed by atoms with van der Waals surface area (Å²) in [6, 6.07) is 5.32. The van der Waals surface area contributed by atoms with Crippen LogP contribution in [-0.2, 0) is 9.59 Å². The van der Waals surface area contributed by atoms with Crippen molar-refractivity contribution >= 4 is 23.4 Å². The van der Waals surface area contributed by atoms with Crippen LogP contribution in [0.1, 0.15) is 37.6 Å². The zero-order valence-electron chi connectivity index (χ0n) is 15.9. The first-order chi connectivity index (χ1) is 12.1. The number of benzene rings is 1. The first kappa shape index (κ1) is 21.4. The molecule has 0 aliphatic heterocycles. The van der Waals surface area contributed by atoms with Crippen molar-refractivity contribution < 1.29 is 19.6 Å². The average Bonchev–Trinajstić information content (AvgIpc) is 2.59. The van der Waals surface area contributed by atoms with Crippen LogP contribution in [0.15, 0.2) is 24.3 Å². The Labute approximate surface area is 153 Å². The fourth-order valence-corrected chi connectivity index (χ4v) is 2.33. The molecule has 0 saturated heterocycles. The molecule has 0 aliphatic rings. The van der Waals surface area contributed by atoms with Crippen LogP contribution in [-0.4, -0.2) is 49.1 Å². The van der Waals surface area contributed by atoms with E-state index in [4.69, 9.17) is 5.21 Å². The molecule has 0 saturated carbocycles. The lowest BCUT2D eigenvalue weighted by atomic mass is 10.0. The lowest BCUT2D eigenvalue weighted by Crippen LogP contribution is -2.52. The predicted molar refractivity (Wildman–Crippen MR) is 99.0 cm³/mol. The van der Waals surface area contributed by atoms with Gasteiger partial charge < -0.3 is 15.5 Å². The summed E-state index contributed by atoms with van der Waals surface area (Å²) < 4.78 is 0. The van der Waals surface area contributed by atoms with Crippen molar-refractivity contribution in [3.63, 3.8) is 0 Å². The number of amides is 3. The van der Waals surface area contributed by atoms with Crippen molar-refractivity contribution in [3.05, 3.63) is 29.8 Å². The van der Waals surface area contributed by atoms with Crippen molar-refractivity contribution in [2.75, 3.05) is 19.0 Å². The highest BCUT2D eigenvalue weighted by Crippen LogP contribution is 2.13. The first-order valence-corrected chi connectivity index (χ1v) is 8.48. The van der Waals surface area contributed by atoms with Crippen molar-refractivity contribution in [1.82, 2.24) is 16.1 Å². The molecule has 0 aromatic heterocycles. The van der Waals surface area contributed by atoms with Crippen LogP contribution in [0.5, 0.6) is 0 Å². The molecule has 8 heteroatoms. The maximum atomic E-state index is 12.5. The smallest absolute Gasteiger partial charge is 0.265 e. The van der Waals surface area contributed by atoms with Gasteiger partial charge in [0.05, 0.1) is 0 Å². The maximum Gasteiger partial charge on any atom is 0.265 e. The van der Waals surface area contributed by atoms with Crippen LogP contribution in [0.25, 0.3) is 0 Å². The molecule has 1 aromatic carbocycles. The quantitative estimate of drug-likeness (QED) is 0.405. The van der Waals surface area contributed by atoms with E-state index in [1.54, 1.807) is 12.1 Å². The number of nitrogens with one attached hydrogen (secondary N) is 3. The Morgan fingerprint density at radius 1 is 1.00 bits per heavy atom. The molecule has 3 amide bonds.